The van der Waals surface area contributed by atoms with Gasteiger partial charge in [0, 0.05) is 60.0 Å². The van der Waals surface area contributed by atoms with E-state index >= 15 is 0 Å². The summed E-state index contributed by atoms with van der Waals surface area (Å²) in [5.74, 6) is 0.554. The van der Waals surface area contributed by atoms with E-state index in [0.717, 1.165) is 5.56 Å². The van der Waals surface area contributed by atoms with Gasteiger partial charge in [-0.3, -0.25) is 13.8 Å². The molecule has 1 saturated heterocycles. The minimum atomic E-state index is -0.930. The zero-order valence-corrected chi connectivity index (χ0v) is 15.7. The number of rotatable bonds is 3. The standard InChI is InChI=1S/C18H26N2O3S/c1-18(2,3)17(22)20-10-8-19(9-11-20)16(21)15-7-5-6-14(12-15)13-24(4)23/h5-7,12H,8-11,13H2,1-4H3. The highest BCUT2D eigenvalue weighted by molar-refractivity contribution is 7.83. The Labute approximate surface area is 146 Å². The second-order valence-corrected chi connectivity index (χ2v) is 8.69. The first kappa shape index (κ1) is 18.6. The van der Waals surface area contributed by atoms with Crippen LogP contribution in [0.5, 0.6) is 0 Å². The minimum absolute atomic E-state index is 0.0263. The van der Waals surface area contributed by atoms with Crippen LogP contribution in [-0.2, 0) is 21.3 Å². The summed E-state index contributed by atoms with van der Waals surface area (Å²) in [5, 5.41) is 0. The third-order valence-corrected chi connectivity index (χ3v) is 4.78. The highest BCUT2D eigenvalue weighted by Gasteiger charge is 2.31. The molecule has 0 saturated carbocycles. The average Bonchev–Trinajstić information content (AvgIpc) is 2.52. The van der Waals surface area contributed by atoms with Gasteiger partial charge >= 0.3 is 0 Å². The van der Waals surface area contributed by atoms with Crippen LogP contribution in [-0.4, -0.2) is 58.3 Å². The molecule has 0 bridgehead atoms. The zero-order valence-electron chi connectivity index (χ0n) is 14.9. The largest absolute Gasteiger partial charge is 0.339 e. The van der Waals surface area contributed by atoms with Gasteiger partial charge in [-0.05, 0) is 17.7 Å². The molecular weight excluding hydrogens is 324 g/mol. The van der Waals surface area contributed by atoms with Crippen molar-refractivity contribution in [3.8, 4) is 0 Å². The van der Waals surface area contributed by atoms with Crippen LogP contribution in [0.3, 0.4) is 0 Å². The summed E-state index contributed by atoms with van der Waals surface area (Å²) in [4.78, 5) is 28.6. The monoisotopic (exact) mass is 350 g/mol. The summed E-state index contributed by atoms with van der Waals surface area (Å²) >= 11 is 0. The van der Waals surface area contributed by atoms with E-state index < -0.39 is 16.2 Å². The van der Waals surface area contributed by atoms with E-state index in [4.69, 9.17) is 0 Å². The first-order chi connectivity index (χ1) is 11.2. The Bertz CT molecular complexity index is 644. The van der Waals surface area contributed by atoms with Gasteiger partial charge in [-0.25, -0.2) is 0 Å². The number of amides is 2. The lowest BCUT2D eigenvalue weighted by atomic mass is 9.94. The molecule has 1 fully saturated rings. The van der Waals surface area contributed by atoms with Gasteiger partial charge in [-0.15, -0.1) is 0 Å². The van der Waals surface area contributed by atoms with Gasteiger partial charge in [0.2, 0.25) is 5.91 Å². The van der Waals surface area contributed by atoms with Crippen molar-refractivity contribution in [3.05, 3.63) is 35.4 Å². The number of piperazine rings is 1. The van der Waals surface area contributed by atoms with Gasteiger partial charge in [0.15, 0.2) is 0 Å². The van der Waals surface area contributed by atoms with E-state index in [2.05, 4.69) is 0 Å². The van der Waals surface area contributed by atoms with Crippen molar-refractivity contribution < 1.29 is 13.8 Å². The van der Waals surface area contributed by atoms with E-state index in [9.17, 15) is 13.8 Å². The Balaban J connectivity index is 2.00. The fraction of sp³-hybridized carbons (Fsp3) is 0.556. The van der Waals surface area contributed by atoms with Crippen molar-refractivity contribution >= 4 is 22.6 Å². The number of carbonyl (C=O) groups excluding carboxylic acids is 2. The second kappa shape index (κ2) is 7.47. The summed E-state index contributed by atoms with van der Waals surface area (Å²) in [6.07, 6.45) is 1.65. The number of carbonyl (C=O) groups is 2. The minimum Gasteiger partial charge on any atom is -0.339 e. The molecule has 0 aliphatic carbocycles. The third kappa shape index (κ3) is 4.66. The van der Waals surface area contributed by atoms with Crippen LogP contribution in [0.2, 0.25) is 0 Å². The van der Waals surface area contributed by atoms with E-state index in [0.29, 0.717) is 37.5 Å². The molecule has 0 radical (unpaired) electrons. The van der Waals surface area contributed by atoms with Crippen LogP contribution in [0, 0.1) is 5.41 Å². The van der Waals surface area contributed by atoms with Crippen LogP contribution in [0.1, 0.15) is 36.7 Å². The molecule has 0 spiro atoms. The highest BCUT2D eigenvalue weighted by Crippen LogP contribution is 2.19. The number of hydrogen-bond donors (Lipinski definition) is 0. The summed E-state index contributed by atoms with van der Waals surface area (Å²) in [5.41, 5.74) is 1.13. The predicted molar refractivity (Wildman–Crippen MR) is 96.2 cm³/mol. The third-order valence-electron chi connectivity index (χ3n) is 4.04. The lowest BCUT2D eigenvalue weighted by Crippen LogP contribution is -2.53. The molecule has 1 unspecified atom stereocenters. The smallest absolute Gasteiger partial charge is 0.253 e. The molecule has 1 aromatic rings. The quantitative estimate of drug-likeness (QED) is 0.836. The molecule has 1 aromatic carbocycles. The lowest BCUT2D eigenvalue weighted by molar-refractivity contribution is -0.140. The predicted octanol–water partition coefficient (Wildman–Crippen LogP) is 1.90. The number of benzene rings is 1. The fourth-order valence-electron chi connectivity index (χ4n) is 2.80. The van der Waals surface area contributed by atoms with E-state index in [-0.39, 0.29) is 11.8 Å². The van der Waals surface area contributed by atoms with Crippen molar-refractivity contribution in [2.45, 2.75) is 26.5 Å². The molecule has 2 amide bonds. The molecule has 5 nitrogen and oxygen atoms in total. The average molecular weight is 350 g/mol. The van der Waals surface area contributed by atoms with Crippen LogP contribution in [0.4, 0.5) is 0 Å². The van der Waals surface area contributed by atoms with E-state index in [1.54, 1.807) is 17.2 Å². The zero-order chi connectivity index (χ0) is 17.9. The maximum Gasteiger partial charge on any atom is 0.253 e. The first-order valence-electron chi connectivity index (χ1n) is 8.16. The van der Waals surface area contributed by atoms with Gasteiger partial charge < -0.3 is 9.80 Å². The van der Waals surface area contributed by atoms with Crippen molar-refractivity contribution in [2.24, 2.45) is 5.41 Å². The van der Waals surface area contributed by atoms with Crippen molar-refractivity contribution in [1.82, 2.24) is 9.80 Å². The molecule has 0 N–H and O–H groups in total. The topological polar surface area (TPSA) is 57.7 Å². The number of hydrogen-bond acceptors (Lipinski definition) is 3. The molecule has 1 atom stereocenters. The molecule has 2 rings (SSSR count). The van der Waals surface area contributed by atoms with Gasteiger partial charge in [-0.1, -0.05) is 32.9 Å². The number of nitrogens with zero attached hydrogens (tertiary/aromatic N) is 2. The summed E-state index contributed by atoms with van der Waals surface area (Å²) in [6, 6.07) is 7.32. The molecule has 6 heteroatoms. The van der Waals surface area contributed by atoms with Crippen LogP contribution >= 0.6 is 0 Å². The summed E-state index contributed by atoms with van der Waals surface area (Å²) < 4.78 is 11.4. The van der Waals surface area contributed by atoms with Crippen molar-refractivity contribution in [1.29, 1.82) is 0 Å². The first-order valence-corrected chi connectivity index (χ1v) is 9.89. The van der Waals surface area contributed by atoms with Crippen molar-refractivity contribution in [3.63, 3.8) is 0 Å². The normalized spacial score (nSPS) is 16.8. The van der Waals surface area contributed by atoms with Gasteiger partial charge in [0.25, 0.3) is 5.91 Å². The van der Waals surface area contributed by atoms with Gasteiger partial charge in [-0.2, -0.15) is 0 Å². The Morgan fingerprint density at radius 3 is 2.21 bits per heavy atom. The Morgan fingerprint density at radius 1 is 1.08 bits per heavy atom. The molecule has 0 aromatic heterocycles. The Morgan fingerprint density at radius 2 is 1.67 bits per heavy atom. The molecular formula is C18H26N2O3S. The SMILES string of the molecule is CS(=O)Cc1cccc(C(=O)N2CCN(C(=O)C(C)(C)C)CC2)c1. The molecule has 1 heterocycles. The Hall–Kier alpha value is -1.69. The molecule has 1 aliphatic rings. The van der Waals surface area contributed by atoms with Gasteiger partial charge in [0.05, 0.1) is 0 Å². The maximum absolute atomic E-state index is 12.7. The van der Waals surface area contributed by atoms with E-state index in [1.165, 1.54) is 0 Å². The van der Waals surface area contributed by atoms with Crippen LogP contribution in [0.25, 0.3) is 0 Å². The lowest BCUT2D eigenvalue weighted by Gasteiger charge is -2.37. The van der Waals surface area contributed by atoms with E-state index in [1.807, 2.05) is 43.9 Å². The summed E-state index contributed by atoms with van der Waals surface area (Å²) in [6.45, 7) is 7.97. The fourth-order valence-corrected chi connectivity index (χ4v) is 3.45. The van der Waals surface area contributed by atoms with Gasteiger partial charge in [0.1, 0.15) is 0 Å². The summed E-state index contributed by atoms with van der Waals surface area (Å²) in [7, 11) is -0.930. The Kier molecular flexibility index (Phi) is 5.80. The molecule has 24 heavy (non-hydrogen) atoms. The van der Waals surface area contributed by atoms with Crippen LogP contribution in [0.15, 0.2) is 24.3 Å². The second-order valence-electron chi connectivity index (χ2n) is 7.25. The highest BCUT2D eigenvalue weighted by atomic mass is 32.2. The molecule has 1 aliphatic heterocycles. The van der Waals surface area contributed by atoms with Crippen LogP contribution < -0.4 is 0 Å². The molecule has 132 valence electrons. The van der Waals surface area contributed by atoms with Crippen molar-refractivity contribution in [2.75, 3.05) is 32.4 Å². The maximum atomic E-state index is 12.7.